The van der Waals surface area contributed by atoms with Gasteiger partial charge in [-0.25, -0.2) is 8.42 Å². The maximum absolute atomic E-state index is 13.3. The van der Waals surface area contributed by atoms with Crippen molar-refractivity contribution >= 4 is 21.6 Å². The van der Waals surface area contributed by atoms with Crippen molar-refractivity contribution in [2.24, 2.45) is 0 Å². The molecule has 5 rings (SSSR count). The molecule has 1 heterocycles. The van der Waals surface area contributed by atoms with Crippen LogP contribution >= 0.6 is 0 Å². The highest BCUT2D eigenvalue weighted by atomic mass is 32.2. The molecule has 3 aromatic carbocycles. The Morgan fingerprint density at radius 1 is 1.08 bits per heavy atom. The van der Waals surface area contributed by atoms with E-state index in [-0.39, 0.29) is 26.3 Å². The molecule has 192 valence electrons. The van der Waals surface area contributed by atoms with E-state index in [0.717, 1.165) is 36.0 Å². The van der Waals surface area contributed by atoms with E-state index in [1.165, 1.54) is 4.31 Å². The number of para-hydroxylation sites is 1. The molecular formula is C28H34N2O5S. The summed E-state index contributed by atoms with van der Waals surface area (Å²) in [5.74, 6) is 0.655. The monoisotopic (exact) mass is 510 g/mol. The molecule has 0 bridgehead atoms. The van der Waals surface area contributed by atoms with Crippen LogP contribution < -0.4 is 10.1 Å². The number of hydrogen-bond acceptors (Lipinski definition) is 5. The summed E-state index contributed by atoms with van der Waals surface area (Å²) < 4.78 is 33.0. The van der Waals surface area contributed by atoms with Crippen molar-refractivity contribution in [3.8, 4) is 16.9 Å². The number of aliphatic hydroxyl groups is 1. The van der Waals surface area contributed by atoms with Crippen LogP contribution in [0.1, 0.15) is 34.1 Å². The van der Waals surface area contributed by atoms with Crippen molar-refractivity contribution in [3.63, 3.8) is 0 Å². The molecule has 0 radical (unpaired) electrons. The van der Waals surface area contributed by atoms with Crippen molar-refractivity contribution in [2.45, 2.75) is 42.0 Å². The number of hydrogen-bond donors (Lipinski definition) is 2. The fourth-order valence-corrected chi connectivity index (χ4v) is 6.76. The van der Waals surface area contributed by atoms with Gasteiger partial charge >= 0.3 is 0 Å². The maximum atomic E-state index is 13.3. The standard InChI is InChI=1S/C28H30N2O5S.2H2/c1-35-26-10-3-2-9-25(26)28(15-16-28)27(32)29-22-7-4-6-21(18-22)20-11-13-24(14-12-20)36(33,34)30-17-5-8-23(30)19-31;;/h2-4,6-7,9-14,18,23,31H,5,8,15-17,19H2,1H3,(H,29,32);2*1H/t23-;;/m1../s1. The highest BCUT2D eigenvalue weighted by Crippen LogP contribution is 2.52. The average Bonchev–Trinajstić information content (AvgIpc) is 3.57. The van der Waals surface area contributed by atoms with Crippen molar-refractivity contribution in [1.29, 1.82) is 0 Å². The number of carbonyl (C=O) groups excluding carboxylic acids is 1. The third-order valence-corrected chi connectivity index (χ3v) is 9.22. The van der Waals surface area contributed by atoms with Gasteiger partial charge in [0.15, 0.2) is 0 Å². The fraction of sp³-hybridized carbons (Fsp3) is 0.321. The molecule has 2 aliphatic rings. The number of sulfonamides is 1. The normalized spacial score (nSPS) is 19.1. The zero-order valence-electron chi connectivity index (χ0n) is 20.2. The largest absolute Gasteiger partial charge is 0.496 e. The van der Waals surface area contributed by atoms with Crippen LogP contribution in [0.5, 0.6) is 5.75 Å². The Kier molecular flexibility index (Phi) is 6.59. The van der Waals surface area contributed by atoms with Gasteiger partial charge in [0.25, 0.3) is 0 Å². The van der Waals surface area contributed by atoms with Crippen LogP contribution in [-0.4, -0.2) is 50.0 Å². The molecule has 1 amide bonds. The van der Waals surface area contributed by atoms with Gasteiger partial charge in [0.2, 0.25) is 15.9 Å². The SMILES string of the molecule is COc1ccccc1C1(C(=O)Nc2cccc(-c3ccc(S(=O)(=O)N4CCC[C@@H]4CO)cc3)c2)CC1.[HH].[HH]. The zero-order valence-corrected chi connectivity index (χ0v) is 21.0. The molecule has 2 N–H and O–H groups in total. The molecule has 7 nitrogen and oxygen atoms in total. The first-order valence-electron chi connectivity index (χ1n) is 12.2. The molecule has 0 spiro atoms. The van der Waals surface area contributed by atoms with Crippen LogP contribution in [0, 0.1) is 0 Å². The van der Waals surface area contributed by atoms with Gasteiger partial charge in [0.05, 0.1) is 24.0 Å². The Labute approximate surface area is 214 Å². The number of methoxy groups -OCH3 is 1. The molecular weight excluding hydrogens is 476 g/mol. The van der Waals surface area contributed by atoms with E-state index in [1.807, 2.05) is 48.5 Å². The highest BCUT2D eigenvalue weighted by Gasteiger charge is 2.52. The number of carbonyl (C=O) groups is 1. The Balaban J connectivity index is 0.00000200. The fourth-order valence-electron chi connectivity index (χ4n) is 5.07. The van der Waals surface area contributed by atoms with Crippen molar-refractivity contribution in [1.82, 2.24) is 4.31 Å². The lowest BCUT2D eigenvalue weighted by Gasteiger charge is -2.22. The number of ether oxygens (including phenoxy) is 1. The number of nitrogens with one attached hydrogen (secondary N) is 1. The lowest BCUT2D eigenvalue weighted by molar-refractivity contribution is -0.118. The molecule has 36 heavy (non-hydrogen) atoms. The van der Waals surface area contributed by atoms with E-state index in [2.05, 4.69) is 5.32 Å². The van der Waals surface area contributed by atoms with Gasteiger partial charge in [-0.3, -0.25) is 4.79 Å². The highest BCUT2D eigenvalue weighted by molar-refractivity contribution is 7.89. The van der Waals surface area contributed by atoms with Gasteiger partial charge in [-0.15, -0.1) is 0 Å². The summed E-state index contributed by atoms with van der Waals surface area (Å²) in [6, 6.07) is 21.6. The summed E-state index contributed by atoms with van der Waals surface area (Å²) in [6.07, 6.45) is 2.95. The lowest BCUT2D eigenvalue weighted by Crippen LogP contribution is -2.37. The van der Waals surface area contributed by atoms with Crippen LogP contribution in [0.3, 0.4) is 0 Å². The van der Waals surface area contributed by atoms with E-state index in [0.29, 0.717) is 24.4 Å². The second-order valence-corrected chi connectivity index (χ2v) is 11.3. The van der Waals surface area contributed by atoms with E-state index < -0.39 is 15.4 Å². The second kappa shape index (κ2) is 9.69. The number of rotatable bonds is 8. The molecule has 0 aromatic heterocycles. The molecule has 1 aliphatic carbocycles. The summed E-state index contributed by atoms with van der Waals surface area (Å²) in [5, 5.41) is 12.6. The number of aliphatic hydroxyl groups excluding tert-OH is 1. The Hall–Kier alpha value is -3.20. The summed E-state index contributed by atoms with van der Waals surface area (Å²) in [7, 11) is -2.04. The van der Waals surface area contributed by atoms with Crippen LogP contribution in [0.2, 0.25) is 0 Å². The third-order valence-electron chi connectivity index (χ3n) is 7.26. The summed E-state index contributed by atoms with van der Waals surface area (Å²) in [4.78, 5) is 13.5. The van der Waals surface area contributed by atoms with E-state index in [9.17, 15) is 18.3 Å². The predicted molar refractivity (Wildman–Crippen MR) is 143 cm³/mol. The minimum absolute atomic E-state index is 0. The van der Waals surface area contributed by atoms with Crippen molar-refractivity contribution < 1.29 is 25.9 Å². The number of benzene rings is 3. The Morgan fingerprint density at radius 3 is 2.53 bits per heavy atom. The summed E-state index contributed by atoms with van der Waals surface area (Å²) in [6.45, 7) is 0.252. The van der Waals surface area contributed by atoms with Crippen molar-refractivity contribution in [3.05, 3.63) is 78.4 Å². The summed E-state index contributed by atoms with van der Waals surface area (Å²) >= 11 is 0. The molecule has 1 atom stereocenters. The molecule has 1 saturated carbocycles. The first-order valence-corrected chi connectivity index (χ1v) is 13.6. The van der Waals surface area contributed by atoms with Gasteiger partial charge in [-0.05, 0) is 67.1 Å². The first kappa shape index (κ1) is 24.5. The predicted octanol–water partition coefficient (Wildman–Crippen LogP) is 4.67. The molecule has 2 fully saturated rings. The first-order chi connectivity index (χ1) is 17.4. The minimum atomic E-state index is -3.66. The molecule has 0 unspecified atom stereocenters. The van der Waals surface area contributed by atoms with E-state index >= 15 is 0 Å². The molecule has 3 aromatic rings. The minimum Gasteiger partial charge on any atom is -0.496 e. The molecule has 1 aliphatic heterocycles. The van der Waals surface area contributed by atoms with Gasteiger partial charge in [0, 0.05) is 26.7 Å². The maximum Gasteiger partial charge on any atom is 0.243 e. The van der Waals surface area contributed by atoms with Crippen LogP contribution in [-0.2, 0) is 20.2 Å². The van der Waals surface area contributed by atoms with Crippen molar-refractivity contribution in [2.75, 3.05) is 25.6 Å². The van der Waals surface area contributed by atoms with Crippen LogP contribution in [0.25, 0.3) is 11.1 Å². The van der Waals surface area contributed by atoms with E-state index in [4.69, 9.17) is 4.74 Å². The topological polar surface area (TPSA) is 95.9 Å². The lowest BCUT2D eigenvalue weighted by atomic mass is 9.93. The smallest absolute Gasteiger partial charge is 0.243 e. The zero-order chi connectivity index (χ0) is 25.3. The quantitative estimate of drug-likeness (QED) is 0.459. The van der Waals surface area contributed by atoms with Gasteiger partial charge < -0.3 is 15.2 Å². The summed E-state index contributed by atoms with van der Waals surface area (Å²) in [5.41, 5.74) is 2.71. The average molecular weight is 511 g/mol. The number of anilines is 1. The van der Waals surface area contributed by atoms with Gasteiger partial charge in [0.1, 0.15) is 5.75 Å². The molecule has 8 heteroatoms. The Bertz CT molecular complexity index is 1380. The van der Waals surface area contributed by atoms with Gasteiger partial charge in [-0.1, -0.05) is 42.5 Å². The second-order valence-electron chi connectivity index (χ2n) is 9.44. The van der Waals surface area contributed by atoms with Crippen LogP contribution in [0.4, 0.5) is 5.69 Å². The number of amides is 1. The van der Waals surface area contributed by atoms with Gasteiger partial charge in [-0.2, -0.15) is 4.31 Å². The Morgan fingerprint density at radius 2 is 1.83 bits per heavy atom. The number of nitrogens with zero attached hydrogens (tertiary/aromatic N) is 1. The molecule has 1 saturated heterocycles. The third kappa shape index (κ3) is 4.40. The van der Waals surface area contributed by atoms with Crippen LogP contribution in [0.15, 0.2) is 77.7 Å². The van der Waals surface area contributed by atoms with E-state index in [1.54, 1.807) is 31.4 Å².